The molecule has 0 saturated carbocycles. The molecule has 7 nitrogen and oxygen atoms in total. The van der Waals surface area contributed by atoms with E-state index in [1.165, 1.54) is 30.0 Å². The molecule has 0 unspecified atom stereocenters. The minimum Gasteiger partial charge on any atom is -0.326 e. The number of thiazole rings is 1. The highest BCUT2D eigenvalue weighted by Crippen LogP contribution is 2.24. The van der Waals surface area contributed by atoms with E-state index in [4.69, 9.17) is 0 Å². The van der Waals surface area contributed by atoms with Gasteiger partial charge in [0.1, 0.15) is 0 Å². The second-order valence-corrected chi connectivity index (χ2v) is 9.62. The van der Waals surface area contributed by atoms with Crippen LogP contribution in [0.15, 0.2) is 63.1 Å². The number of hydrogen-bond acceptors (Lipinski definition) is 7. The zero-order valence-electron chi connectivity index (χ0n) is 17.5. The maximum Gasteiger partial charge on any atom is 0.234 e. The number of carbonyl (C=O) groups excluding carboxylic acids is 3. The first kappa shape index (κ1) is 23.8. The van der Waals surface area contributed by atoms with Crippen LogP contribution in [0.25, 0.3) is 0 Å². The van der Waals surface area contributed by atoms with Crippen LogP contribution in [0.4, 0.5) is 17.1 Å². The first-order valence-corrected chi connectivity index (χ1v) is 12.7. The predicted octanol–water partition coefficient (Wildman–Crippen LogP) is 4.74. The van der Waals surface area contributed by atoms with Crippen molar-refractivity contribution in [2.24, 2.45) is 0 Å². The van der Waals surface area contributed by atoms with Crippen LogP contribution in [0, 0.1) is 0 Å². The van der Waals surface area contributed by atoms with Crippen LogP contribution in [-0.2, 0) is 20.8 Å². The average Bonchev–Trinajstić information content (AvgIpc) is 3.20. The Kier molecular flexibility index (Phi) is 8.72. The molecule has 0 aliphatic rings. The standard InChI is InChI=1S/C22H22N4O3S3/c1-14(27)23-15-6-8-16(9-7-15)24-21(29)13-32-22-26-18(12-31-22)11-20(28)25-17-4-3-5-19(10-17)30-2/h3-10,12H,11,13H2,1-2H3,(H,23,27)(H,24,29)(H,25,28). The van der Waals surface area contributed by atoms with Gasteiger partial charge in [-0.05, 0) is 48.7 Å². The molecule has 0 saturated heterocycles. The van der Waals surface area contributed by atoms with Gasteiger partial charge in [-0.15, -0.1) is 23.1 Å². The first-order chi connectivity index (χ1) is 15.4. The van der Waals surface area contributed by atoms with E-state index >= 15 is 0 Å². The van der Waals surface area contributed by atoms with E-state index < -0.39 is 0 Å². The van der Waals surface area contributed by atoms with E-state index in [2.05, 4.69) is 20.9 Å². The lowest BCUT2D eigenvalue weighted by atomic mass is 10.3. The van der Waals surface area contributed by atoms with E-state index in [1.807, 2.05) is 35.9 Å². The van der Waals surface area contributed by atoms with Crippen molar-refractivity contribution >= 4 is 69.6 Å². The monoisotopic (exact) mass is 486 g/mol. The second kappa shape index (κ2) is 11.7. The third kappa shape index (κ3) is 7.70. The van der Waals surface area contributed by atoms with Gasteiger partial charge in [0.2, 0.25) is 17.7 Å². The number of thioether (sulfide) groups is 2. The molecule has 0 bridgehead atoms. The lowest BCUT2D eigenvalue weighted by molar-refractivity contribution is -0.116. The van der Waals surface area contributed by atoms with Crippen molar-refractivity contribution in [1.82, 2.24) is 4.98 Å². The molecular formula is C22H22N4O3S3. The van der Waals surface area contributed by atoms with Crippen molar-refractivity contribution in [1.29, 1.82) is 0 Å². The summed E-state index contributed by atoms with van der Waals surface area (Å²) in [5, 5.41) is 10.2. The number of amides is 3. The molecular weight excluding hydrogens is 464 g/mol. The van der Waals surface area contributed by atoms with Gasteiger partial charge in [0.05, 0.1) is 17.9 Å². The quantitative estimate of drug-likeness (QED) is 0.378. The fraction of sp³-hybridized carbons (Fsp3) is 0.182. The van der Waals surface area contributed by atoms with E-state index in [0.717, 1.165) is 14.9 Å². The summed E-state index contributed by atoms with van der Waals surface area (Å²) in [7, 11) is 0. The number of nitrogens with zero attached hydrogens (tertiary/aromatic N) is 1. The number of rotatable bonds is 9. The Balaban J connectivity index is 1.44. The highest BCUT2D eigenvalue weighted by molar-refractivity contribution is 8.01. The number of hydrogen-bond donors (Lipinski definition) is 3. The first-order valence-electron chi connectivity index (χ1n) is 9.60. The van der Waals surface area contributed by atoms with Crippen molar-refractivity contribution < 1.29 is 14.4 Å². The normalized spacial score (nSPS) is 10.4. The van der Waals surface area contributed by atoms with Gasteiger partial charge in [-0.1, -0.05) is 17.8 Å². The van der Waals surface area contributed by atoms with Crippen LogP contribution in [0.5, 0.6) is 0 Å². The van der Waals surface area contributed by atoms with E-state index in [9.17, 15) is 14.4 Å². The highest BCUT2D eigenvalue weighted by Gasteiger charge is 2.11. The molecule has 166 valence electrons. The Morgan fingerprint density at radius 1 is 0.938 bits per heavy atom. The second-order valence-electron chi connectivity index (χ2n) is 6.66. The lowest BCUT2D eigenvalue weighted by Gasteiger charge is -2.06. The third-order valence-electron chi connectivity index (χ3n) is 4.04. The maximum absolute atomic E-state index is 12.3. The predicted molar refractivity (Wildman–Crippen MR) is 133 cm³/mol. The largest absolute Gasteiger partial charge is 0.326 e. The van der Waals surface area contributed by atoms with Crippen molar-refractivity contribution in [2.75, 3.05) is 28.0 Å². The summed E-state index contributed by atoms with van der Waals surface area (Å²) in [5.74, 6) is -0.243. The van der Waals surface area contributed by atoms with Crippen molar-refractivity contribution in [2.45, 2.75) is 22.6 Å². The molecule has 0 radical (unpaired) electrons. The summed E-state index contributed by atoms with van der Waals surface area (Å²) >= 11 is 4.34. The van der Waals surface area contributed by atoms with Crippen LogP contribution in [-0.4, -0.2) is 34.7 Å². The number of anilines is 3. The molecule has 10 heteroatoms. The zero-order valence-corrected chi connectivity index (χ0v) is 20.0. The van der Waals surface area contributed by atoms with Gasteiger partial charge >= 0.3 is 0 Å². The summed E-state index contributed by atoms with van der Waals surface area (Å²) in [5.41, 5.74) is 2.74. The molecule has 0 aliphatic heterocycles. The van der Waals surface area contributed by atoms with Crippen molar-refractivity contribution in [3.63, 3.8) is 0 Å². The number of benzene rings is 2. The maximum atomic E-state index is 12.3. The van der Waals surface area contributed by atoms with E-state index in [1.54, 1.807) is 36.0 Å². The molecule has 3 N–H and O–H groups in total. The molecule has 1 heterocycles. The number of carbonyl (C=O) groups is 3. The van der Waals surface area contributed by atoms with Gasteiger partial charge in [-0.3, -0.25) is 14.4 Å². The van der Waals surface area contributed by atoms with Gasteiger partial charge < -0.3 is 16.0 Å². The van der Waals surface area contributed by atoms with Gasteiger partial charge in [0.15, 0.2) is 4.34 Å². The summed E-state index contributed by atoms with van der Waals surface area (Å²) < 4.78 is 0.730. The molecule has 3 rings (SSSR count). The minimum absolute atomic E-state index is 0.134. The number of aromatic nitrogens is 1. The summed E-state index contributed by atoms with van der Waals surface area (Å²) in [4.78, 5) is 41.1. The molecule has 3 amide bonds. The highest BCUT2D eigenvalue weighted by atomic mass is 32.2. The third-order valence-corrected chi connectivity index (χ3v) is 6.84. The van der Waals surface area contributed by atoms with Crippen molar-refractivity contribution in [3.8, 4) is 0 Å². The van der Waals surface area contributed by atoms with Gasteiger partial charge in [-0.25, -0.2) is 4.98 Å². The summed E-state index contributed by atoms with van der Waals surface area (Å²) in [6.45, 7) is 1.44. The topological polar surface area (TPSA) is 100 Å². The van der Waals surface area contributed by atoms with E-state index in [0.29, 0.717) is 17.1 Å². The molecule has 3 aromatic rings. The molecule has 0 atom stereocenters. The molecule has 1 aromatic heterocycles. The Hall–Kier alpha value is -2.82. The zero-order chi connectivity index (χ0) is 22.9. The lowest BCUT2D eigenvalue weighted by Crippen LogP contribution is -2.15. The molecule has 32 heavy (non-hydrogen) atoms. The summed E-state index contributed by atoms with van der Waals surface area (Å²) in [6, 6.07) is 14.6. The summed E-state index contributed by atoms with van der Waals surface area (Å²) in [6.07, 6.45) is 2.16. The Labute approximate surface area is 198 Å². The molecule has 0 fully saturated rings. The van der Waals surface area contributed by atoms with E-state index in [-0.39, 0.29) is 29.9 Å². The number of nitrogens with one attached hydrogen (secondary N) is 3. The Morgan fingerprint density at radius 3 is 2.31 bits per heavy atom. The van der Waals surface area contributed by atoms with Gasteiger partial charge in [0.25, 0.3) is 0 Å². The SMILES string of the molecule is CSc1cccc(NC(=O)Cc2csc(SCC(=O)Nc3ccc(NC(C)=O)cc3)n2)c1. The molecule has 0 aliphatic carbocycles. The van der Waals surface area contributed by atoms with Gasteiger partial charge in [-0.2, -0.15) is 0 Å². The molecule has 2 aromatic carbocycles. The van der Waals surface area contributed by atoms with Crippen LogP contribution in [0.3, 0.4) is 0 Å². The van der Waals surface area contributed by atoms with Crippen LogP contribution in [0.1, 0.15) is 12.6 Å². The minimum atomic E-state index is -0.162. The fourth-order valence-corrected chi connectivity index (χ4v) is 4.78. The molecule has 0 spiro atoms. The Bertz CT molecular complexity index is 1100. The Morgan fingerprint density at radius 2 is 1.62 bits per heavy atom. The average molecular weight is 487 g/mol. The smallest absolute Gasteiger partial charge is 0.234 e. The fourth-order valence-electron chi connectivity index (χ4n) is 2.67. The van der Waals surface area contributed by atoms with Crippen LogP contribution >= 0.6 is 34.9 Å². The van der Waals surface area contributed by atoms with Crippen molar-refractivity contribution in [3.05, 3.63) is 59.6 Å². The van der Waals surface area contributed by atoms with Crippen LogP contribution in [0.2, 0.25) is 0 Å². The van der Waals surface area contributed by atoms with Gasteiger partial charge in [0, 0.05) is 34.3 Å². The van der Waals surface area contributed by atoms with Crippen LogP contribution < -0.4 is 16.0 Å².